The predicted octanol–water partition coefficient (Wildman–Crippen LogP) is 2.61. The minimum Gasteiger partial charge on any atom is -0.342 e. The second kappa shape index (κ2) is 4.55. The average Bonchev–Trinajstić information content (AvgIpc) is 3.07. The second-order valence-corrected chi connectivity index (χ2v) is 4.58. The summed E-state index contributed by atoms with van der Waals surface area (Å²) in [7, 11) is 1.88. The third-order valence-corrected chi connectivity index (χ3v) is 3.10. The van der Waals surface area contributed by atoms with E-state index in [1.807, 2.05) is 35.4 Å². The molecular formula is C12H12ClN5O. The lowest BCUT2D eigenvalue weighted by atomic mass is 10.4. The maximum Gasteiger partial charge on any atom is 0.274 e. The fourth-order valence-electron chi connectivity index (χ4n) is 1.92. The van der Waals surface area contributed by atoms with Crippen molar-refractivity contribution in [2.24, 2.45) is 7.05 Å². The maximum atomic E-state index is 6.00. The van der Waals surface area contributed by atoms with Crippen molar-refractivity contribution >= 4 is 11.6 Å². The molecule has 0 fully saturated rings. The number of nitrogens with zero attached hydrogens (tertiary/aromatic N) is 5. The summed E-state index contributed by atoms with van der Waals surface area (Å²) in [5.74, 6) is 0.958. The summed E-state index contributed by atoms with van der Waals surface area (Å²) in [6.45, 7) is 2.81. The largest absolute Gasteiger partial charge is 0.342 e. The molecule has 0 spiro atoms. The Balaban J connectivity index is 2.04. The minimum absolute atomic E-state index is 0.449. The zero-order chi connectivity index (χ0) is 13.4. The number of rotatable bonds is 3. The molecule has 3 heterocycles. The van der Waals surface area contributed by atoms with Crippen molar-refractivity contribution in [1.29, 1.82) is 0 Å². The van der Waals surface area contributed by atoms with Gasteiger partial charge in [0.2, 0.25) is 5.82 Å². The normalized spacial score (nSPS) is 11.1. The van der Waals surface area contributed by atoms with Gasteiger partial charge in [0.1, 0.15) is 11.4 Å². The molecule has 0 aliphatic rings. The molecule has 3 aromatic heterocycles. The summed E-state index contributed by atoms with van der Waals surface area (Å²) < 4.78 is 9.10. The number of aromatic nitrogens is 5. The van der Waals surface area contributed by atoms with Gasteiger partial charge in [0.15, 0.2) is 0 Å². The first-order valence-electron chi connectivity index (χ1n) is 5.85. The van der Waals surface area contributed by atoms with Crippen LogP contribution in [-0.4, -0.2) is 24.3 Å². The number of aryl methyl sites for hydroxylation is 2. The smallest absolute Gasteiger partial charge is 0.274 e. The van der Waals surface area contributed by atoms with Gasteiger partial charge in [-0.1, -0.05) is 16.8 Å². The van der Waals surface area contributed by atoms with Crippen LogP contribution >= 0.6 is 11.6 Å². The average molecular weight is 278 g/mol. The van der Waals surface area contributed by atoms with E-state index in [9.17, 15) is 0 Å². The summed E-state index contributed by atoms with van der Waals surface area (Å²) in [6, 6.07) is 1.81. The molecule has 3 rings (SSSR count). The van der Waals surface area contributed by atoms with E-state index in [2.05, 4.69) is 15.1 Å². The molecule has 0 aliphatic carbocycles. The second-order valence-electron chi connectivity index (χ2n) is 4.14. The Labute approximate surface area is 114 Å². The van der Waals surface area contributed by atoms with Crippen LogP contribution in [0.15, 0.2) is 29.3 Å². The predicted molar refractivity (Wildman–Crippen MR) is 70.6 cm³/mol. The van der Waals surface area contributed by atoms with Crippen LogP contribution in [0, 0.1) is 0 Å². The highest BCUT2D eigenvalue weighted by atomic mass is 35.5. The Kier molecular flexibility index (Phi) is 2.87. The fourth-order valence-corrected chi connectivity index (χ4v) is 2.14. The molecule has 7 heteroatoms. The maximum absolute atomic E-state index is 6.00. The van der Waals surface area contributed by atoms with Crippen LogP contribution in [0.5, 0.6) is 0 Å². The Hall–Kier alpha value is -2.08. The van der Waals surface area contributed by atoms with Crippen LogP contribution in [0.25, 0.3) is 23.1 Å². The van der Waals surface area contributed by atoms with E-state index in [1.54, 1.807) is 12.5 Å². The topological polar surface area (TPSA) is 61.7 Å². The van der Waals surface area contributed by atoms with Gasteiger partial charge in [-0.15, -0.1) is 0 Å². The lowest BCUT2D eigenvalue weighted by Crippen LogP contribution is -1.95. The van der Waals surface area contributed by atoms with E-state index >= 15 is 0 Å². The van der Waals surface area contributed by atoms with E-state index < -0.39 is 0 Å². The first-order chi connectivity index (χ1) is 9.19. The van der Waals surface area contributed by atoms with Crippen LogP contribution in [0.1, 0.15) is 6.92 Å². The Morgan fingerprint density at radius 2 is 2.21 bits per heavy atom. The quantitative estimate of drug-likeness (QED) is 0.738. The SMILES string of the molecule is CCn1cc(Cl)cc1-c1nc(-c2cncn2C)no1. The lowest BCUT2D eigenvalue weighted by Gasteiger charge is -1.99. The number of imidazole rings is 1. The standard InChI is InChI=1S/C12H12ClN5O/c1-3-18-6-8(13)4-9(18)12-15-11(16-19-12)10-5-14-7-17(10)2/h4-7H,3H2,1-2H3. The monoisotopic (exact) mass is 277 g/mol. The molecule has 3 aromatic rings. The van der Waals surface area contributed by atoms with Gasteiger partial charge in [0.25, 0.3) is 5.89 Å². The molecular weight excluding hydrogens is 266 g/mol. The van der Waals surface area contributed by atoms with Gasteiger partial charge in [-0.3, -0.25) is 0 Å². The van der Waals surface area contributed by atoms with E-state index in [0.29, 0.717) is 16.7 Å². The van der Waals surface area contributed by atoms with Crippen LogP contribution in [-0.2, 0) is 13.6 Å². The van der Waals surface area contributed by atoms with Crippen molar-refractivity contribution in [3.63, 3.8) is 0 Å². The van der Waals surface area contributed by atoms with Crippen molar-refractivity contribution in [3.05, 3.63) is 29.8 Å². The molecule has 98 valence electrons. The highest BCUT2D eigenvalue weighted by Crippen LogP contribution is 2.25. The molecule has 0 saturated heterocycles. The molecule has 0 radical (unpaired) electrons. The van der Waals surface area contributed by atoms with E-state index in [1.165, 1.54) is 0 Å². The van der Waals surface area contributed by atoms with Crippen LogP contribution in [0.2, 0.25) is 5.02 Å². The summed E-state index contributed by atoms with van der Waals surface area (Å²) in [5, 5.41) is 4.63. The van der Waals surface area contributed by atoms with Crippen LogP contribution in [0.3, 0.4) is 0 Å². The zero-order valence-electron chi connectivity index (χ0n) is 10.5. The van der Waals surface area contributed by atoms with Gasteiger partial charge in [0, 0.05) is 19.8 Å². The molecule has 6 nitrogen and oxygen atoms in total. The van der Waals surface area contributed by atoms with Gasteiger partial charge < -0.3 is 13.7 Å². The summed E-state index contributed by atoms with van der Waals surface area (Å²) >= 11 is 6.00. The summed E-state index contributed by atoms with van der Waals surface area (Å²) in [5.41, 5.74) is 1.61. The Bertz CT molecular complexity index is 711. The molecule has 0 N–H and O–H groups in total. The van der Waals surface area contributed by atoms with Crippen molar-refractivity contribution in [2.45, 2.75) is 13.5 Å². The molecule has 0 aliphatic heterocycles. The third-order valence-electron chi connectivity index (χ3n) is 2.89. The molecule has 19 heavy (non-hydrogen) atoms. The van der Waals surface area contributed by atoms with Crippen molar-refractivity contribution < 1.29 is 4.52 Å². The van der Waals surface area contributed by atoms with Gasteiger partial charge in [-0.2, -0.15) is 4.98 Å². The van der Waals surface area contributed by atoms with E-state index in [-0.39, 0.29) is 0 Å². The van der Waals surface area contributed by atoms with Crippen LogP contribution in [0.4, 0.5) is 0 Å². The molecule has 0 amide bonds. The minimum atomic E-state index is 0.449. The number of hydrogen-bond donors (Lipinski definition) is 0. The number of hydrogen-bond acceptors (Lipinski definition) is 4. The van der Waals surface area contributed by atoms with Gasteiger partial charge in [-0.25, -0.2) is 4.98 Å². The fraction of sp³-hybridized carbons (Fsp3) is 0.250. The van der Waals surface area contributed by atoms with Crippen molar-refractivity contribution in [1.82, 2.24) is 24.3 Å². The Morgan fingerprint density at radius 3 is 2.89 bits per heavy atom. The molecule has 0 atom stereocenters. The first kappa shape index (κ1) is 12.0. The van der Waals surface area contributed by atoms with Gasteiger partial charge >= 0.3 is 0 Å². The first-order valence-corrected chi connectivity index (χ1v) is 6.23. The Morgan fingerprint density at radius 1 is 1.37 bits per heavy atom. The summed E-state index contributed by atoms with van der Waals surface area (Å²) in [6.07, 6.45) is 5.22. The van der Waals surface area contributed by atoms with E-state index in [4.69, 9.17) is 16.1 Å². The highest BCUT2D eigenvalue weighted by Gasteiger charge is 2.16. The highest BCUT2D eigenvalue weighted by molar-refractivity contribution is 6.30. The van der Waals surface area contributed by atoms with Gasteiger partial charge in [-0.05, 0) is 13.0 Å². The zero-order valence-corrected chi connectivity index (χ0v) is 11.3. The van der Waals surface area contributed by atoms with Gasteiger partial charge in [0.05, 0.1) is 17.5 Å². The summed E-state index contributed by atoms with van der Waals surface area (Å²) in [4.78, 5) is 8.42. The molecule has 0 bridgehead atoms. The number of halogens is 1. The molecule has 0 unspecified atom stereocenters. The third kappa shape index (κ3) is 2.04. The lowest BCUT2D eigenvalue weighted by molar-refractivity contribution is 0.428. The van der Waals surface area contributed by atoms with E-state index in [0.717, 1.165) is 17.9 Å². The van der Waals surface area contributed by atoms with Crippen molar-refractivity contribution in [3.8, 4) is 23.1 Å². The van der Waals surface area contributed by atoms with Crippen LogP contribution < -0.4 is 0 Å². The molecule has 0 aromatic carbocycles. The molecule has 0 saturated carbocycles. The van der Waals surface area contributed by atoms with Crippen molar-refractivity contribution in [2.75, 3.05) is 0 Å².